The highest BCUT2D eigenvalue weighted by atomic mass is 16.1. The molecule has 1 aliphatic rings. The molecule has 0 amide bonds. The van der Waals surface area contributed by atoms with E-state index >= 15 is 0 Å². The Morgan fingerprint density at radius 1 is 1.21 bits per heavy atom. The molecular weight excluding hydrogens is 238 g/mol. The van der Waals surface area contributed by atoms with Crippen molar-refractivity contribution in [3.63, 3.8) is 0 Å². The molecule has 0 unspecified atom stereocenters. The number of benzene rings is 1. The summed E-state index contributed by atoms with van der Waals surface area (Å²) in [5.74, 6) is 0.826. The van der Waals surface area contributed by atoms with Gasteiger partial charge in [-0.2, -0.15) is 0 Å². The Hall–Kier alpha value is -1.97. The Bertz CT molecular complexity index is 576. The number of H-pyrrole nitrogens is 1. The average Bonchev–Trinajstić information content (AvgIpc) is 3.08. The van der Waals surface area contributed by atoms with E-state index in [0.717, 1.165) is 23.8 Å². The van der Waals surface area contributed by atoms with Crippen LogP contribution < -0.4 is 11.0 Å². The van der Waals surface area contributed by atoms with Gasteiger partial charge in [-0.05, 0) is 43.0 Å². The second-order valence-electron chi connectivity index (χ2n) is 5.21. The van der Waals surface area contributed by atoms with E-state index in [1.807, 2.05) is 24.3 Å². The van der Waals surface area contributed by atoms with Crippen LogP contribution in [0.3, 0.4) is 0 Å². The van der Waals surface area contributed by atoms with Gasteiger partial charge in [-0.15, -0.1) is 0 Å². The summed E-state index contributed by atoms with van der Waals surface area (Å²) in [6.45, 7) is 1.06. The highest BCUT2D eigenvalue weighted by Gasteiger charge is 2.14. The quantitative estimate of drug-likeness (QED) is 0.885. The summed E-state index contributed by atoms with van der Waals surface area (Å²) in [5.41, 5.74) is 1.91. The van der Waals surface area contributed by atoms with Gasteiger partial charge in [-0.1, -0.05) is 12.8 Å². The van der Waals surface area contributed by atoms with Crippen LogP contribution >= 0.6 is 0 Å². The number of imidazole rings is 1. The molecule has 0 atom stereocenters. The molecule has 2 aromatic rings. The lowest BCUT2D eigenvalue weighted by molar-refractivity contribution is 0.580. The lowest BCUT2D eigenvalue weighted by Crippen LogP contribution is -2.14. The first kappa shape index (κ1) is 12.1. The number of nitrogens with one attached hydrogen (secondary N) is 2. The second kappa shape index (κ2) is 5.34. The number of nitrogens with zero attached hydrogens (tertiary/aromatic N) is 1. The Balaban J connectivity index is 1.65. The Labute approximate surface area is 112 Å². The second-order valence-corrected chi connectivity index (χ2v) is 5.21. The van der Waals surface area contributed by atoms with Crippen LogP contribution in [0.2, 0.25) is 0 Å². The van der Waals surface area contributed by atoms with Crippen LogP contribution in [0.25, 0.3) is 5.69 Å². The fraction of sp³-hybridized carbons (Fsp3) is 0.400. The van der Waals surface area contributed by atoms with Crippen LogP contribution in [0, 0.1) is 5.92 Å². The molecule has 2 N–H and O–H groups in total. The van der Waals surface area contributed by atoms with Crippen LogP contribution in [0.5, 0.6) is 0 Å². The molecule has 100 valence electrons. The van der Waals surface area contributed by atoms with Gasteiger partial charge < -0.3 is 10.3 Å². The van der Waals surface area contributed by atoms with Gasteiger partial charge in [0, 0.05) is 24.6 Å². The summed E-state index contributed by atoms with van der Waals surface area (Å²) in [7, 11) is 0. The van der Waals surface area contributed by atoms with Gasteiger partial charge in [0.2, 0.25) is 0 Å². The predicted molar refractivity (Wildman–Crippen MR) is 76.8 cm³/mol. The van der Waals surface area contributed by atoms with Crippen molar-refractivity contribution in [1.29, 1.82) is 0 Å². The molecule has 19 heavy (non-hydrogen) atoms. The van der Waals surface area contributed by atoms with E-state index in [9.17, 15) is 4.79 Å². The third-order valence-corrected chi connectivity index (χ3v) is 3.86. The van der Waals surface area contributed by atoms with Gasteiger partial charge >= 0.3 is 5.69 Å². The molecule has 0 saturated heterocycles. The zero-order valence-electron chi connectivity index (χ0n) is 10.9. The summed E-state index contributed by atoms with van der Waals surface area (Å²) < 4.78 is 1.60. The van der Waals surface area contributed by atoms with Gasteiger partial charge in [-0.3, -0.25) is 4.57 Å². The molecule has 1 aliphatic carbocycles. The number of aromatic amines is 1. The zero-order valence-corrected chi connectivity index (χ0v) is 10.9. The Kier molecular flexibility index (Phi) is 3.40. The highest BCUT2D eigenvalue weighted by Crippen LogP contribution is 2.25. The van der Waals surface area contributed by atoms with Crippen LogP contribution in [0.15, 0.2) is 41.5 Å². The van der Waals surface area contributed by atoms with E-state index in [2.05, 4.69) is 10.3 Å². The molecule has 0 radical (unpaired) electrons. The number of aromatic nitrogens is 2. The fourth-order valence-electron chi connectivity index (χ4n) is 2.74. The number of hydrogen-bond donors (Lipinski definition) is 2. The first-order valence-electron chi connectivity index (χ1n) is 6.93. The van der Waals surface area contributed by atoms with Gasteiger partial charge in [0.15, 0.2) is 0 Å². The Morgan fingerprint density at radius 2 is 1.95 bits per heavy atom. The maximum absolute atomic E-state index is 11.5. The summed E-state index contributed by atoms with van der Waals surface area (Å²) in [4.78, 5) is 14.1. The van der Waals surface area contributed by atoms with Crippen molar-refractivity contribution in [2.24, 2.45) is 5.92 Å². The van der Waals surface area contributed by atoms with E-state index in [1.165, 1.54) is 25.7 Å². The minimum Gasteiger partial charge on any atom is -0.385 e. The van der Waals surface area contributed by atoms with Crippen LogP contribution in [-0.2, 0) is 0 Å². The van der Waals surface area contributed by atoms with Crippen molar-refractivity contribution in [1.82, 2.24) is 9.55 Å². The van der Waals surface area contributed by atoms with Crippen LogP contribution in [-0.4, -0.2) is 16.1 Å². The topological polar surface area (TPSA) is 49.8 Å². The predicted octanol–water partition coefficient (Wildman–Crippen LogP) is 2.77. The lowest BCUT2D eigenvalue weighted by Gasteiger charge is -2.12. The molecule has 3 rings (SSSR count). The lowest BCUT2D eigenvalue weighted by atomic mass is 10.1. The summed E-state index contributed by atoms with van der Waals surface area (Å²) >= 11 is 0. The smallest absolute Gasteiger partial charge is 0.330 e. The molecule has 0 bridgehead atoms. The molecule has 0 aliphatic heterocycles. The van der Waals surface area contributed by atoms with Crippen molar-refractivity contribution in [2.45, 2.75) is 25.7 Å². The Morgan fingerprint density at radius 3 is 2.58 bits per heavy atom. The van der Waals surface area contributed by atoms with Crippen molar-refractivity contribution in [2.75, 3.05) is 11.9 Å². The summed E-state index contributed by atoms with van der Waals surface area (Å²) in [6.07, 6.45) is 8.84. The van der Waals surface area contributed by atoms with Gasteiger partial charge in [0.25, 0.3) is 0 Å². The molecule has 1 heterocycles. The van der Waals surface area contributed by atoms with Crippen molar-refractivity contribution in [3.8, 4) is 5.69 Å². The molecule has 1 fully saturated rings. The maximum atomic E-state index is 11.5. The van der Waals surface area contributed by atoms with Crippen molar-refractivity contribution >= 4 is 5.69 Å². The normalized spacial score (nSPS) is 15.8. The average molecular weight is 257 g/mol. The van der Waals surface area contributed by atoms with E-state index in [4.69, 9.17) is 0 Å². The molecule has 1 aromatic heterocycles. The third-order valence-electron chi connectivity index (χ3n) is 3.86. The zero-order chi connectivity index (χ0) is 13.1. The maximum Gasteiger partial charge on any atom is 0.330 e. The minimum absolute atomic E-state index is 0.105. The van der Waals surface area contributed by atoms with Gasteiger partial charge in [0.05, 0.1) is 5.69 Å². The monoisotopic (exact) mass is 257 g/mol. The number of hydrogen-bond acceptors (Lipinski definition) is 2. The van der Waals surface area contributed by atoms with Gasteiger partial charge in [-0.25, -0.2) is 4.79 Å². The molecule has 1 aromatic carbocycles. The van der Waals surface area contributed by atoms with E-state index in [1.54, 1.807) is 17.0 Å². The first-order chi connectivity index (χ1) is 9.33. The third kappa shape index (κ3) is 2.72. The standard InChI is InChI=1S/C15H19N3O/c19-15-16-9-10-18(15)14-7-5-13(6-8-14)17-11-12-3-1-2-4-12/h5-10,12,17H,1-4,11H2,(H,16,19). The van der Waals surface area contributed by atoms with Crippen molar-refractivity contribution in [3.05, 3.63) is 47.1 Å². The SMILES string of the molecule is O=c1[nH]ccn1-c1ccc(NCC2CCCC2)cc1. The van der Waals surface area contributed by atoms with Crippen molar-refractivity contribution < 1.29 is 0 Å². The van der Waals surface area contributed by atoms with E-state index in [0.29, 0.717) is 0 Å². The number of rotatable bonds is 4. The minimum atomic E-state index is -0.105. The van der Waals surface area contributed by atoms with E-state index in [-0.39, 0.29) is 5.69 Å². The molecular formula is C15H19N3O. The molecule has 0 spiro atoms. The van der Waals surface area contributed by atoms with Crippen LogP contribution in [0.4, 0.5) is 5.69 Å². The summed E-state index contributed by atoms with van der Waals surface area (Å²) in [5, 5.41) is 3.48. The largest absolute Gasteiger partial charge is 0.385 e. The van der Waals surface area contributed by atoms with Crippen LogP contribution in [0.1, 0.15) is 25.7 Å². The highest BCUT2D eigenvalue weighted by molar-refractivity contribution is 5.48. The molecule has 1 saturated carbocycles. The number of anilines is 1. The van der Waals surface area contributed by atoms with E-state index < -0.39 is 0 Å². The first-order valence-corrected chi connectivity index (χ1v) is 6.93. The summed E-state index contributed by atoms with van der Waals surface area (Å²) in [6, 6.07) is 7.99. The molecule has 4 heteroatoms. The van der Waals surface area contributed by atoms with Gasteiger partial charge in [0.1, 0.15) is 0 Å². The molecule has 4 nitrogen and oxygen atoms in total. The fourth-order valence-corrected chi connectivity index (χ4v) is 2.74.